The zero-order valence-corrected chi connectivity index (χ0v) is 12.7. The van der Waals surface area contributed by atoms with Crippen LogP contribution in [-0.4, -0.2) is 9.78 Å². The Morgan fingerprint density at radius 1 is 1.50 bits per heavy atom. The Morgan fingerprint density at radius 3 is 2.85 bits per heavy atom. The van der Waals surface area contributed by atoms with E-state index in [-0.39, 0.29) is 17.9 Å². The van der Waals surface area contributed by atoms with E-state index in [9.17, 15) is 4.39 Å². The predicted molar refractivity (Wildman–Crippen MR) is 75.7 cm³/mol. The van der Waals surface area contributed by atoms with Crippen LogP contribution in [0, 0.1) is 17.1 Å². The Labute approximate surface area is 124 Å². The Kier molecular flexibility index (Phi) is 4.40. The van der Waals surface area contributed by atoms with Gasteiger partial charge in [0.05, 0.1) is 15.9 Å². The normalized spacial score (nSPS) is 10.3. The van der Waals surface area contributed by atoms with Crippen LogP contribution in [0.4, 0.5) is 4.39 Å². The summed E-state index contributed by atoms with van der Waals surface area (Å²) in [6.07, 6.45) is 0.803. The van der Waals surface area contributed by atoms with E-state index in [0.717, 1.165) is 22.3 Å². The fraction of sp³-hybridized carbons (Fsp3) is 0.286. The van der Waals surface area contributed by atoms with Crippen LogP contribution in [-0.2, 0) is 20.1 Å². The maximum Gasteiger partial charge on any atom is 0.144 e. The molecule has 0 aliphatic rings. The van der Waals surface area contributed by atoms with Crippen LogP contribution in [0.3, 0.4) is 0 Å². The van der Waals surface area contributed by atoms with Crippen LogP contribution in [0.15, 0.2) is 22.7 Å². The highest BCUT2D eigenvalue weighted by atomic mass is 79.9. The van der Waals surface area contributed by atoms with Crippen molar-refractivity contribution in [3.63, 3.8) is 0 Å². The molecule has 0 unspecified atom stereocenters. The number of aryl methyl sites for hydroxylation is 2. The molecule has 0 aliphatic heterocycles. The largest absolute Gasteiger partial charge is 0.486 e. The lowest BCUT2D eigenvalue weighted by Crippen LogP contribution is -2.05. The van der Waals surface area contributed by atoms with E-state index in [1.807, 2.05) is 20.0 Å². The molecule has 104 valence electrons. The second kappa shape index (κ2) is 6.06. The zero-order valence-electron chi connectivity index (χ0n) is 11.2. The number of halogens is 2. The SMILES string of the molecule is CCc1nn(C)c(COc2cccc(F)c2C#N)c1Br. The average Bonchev–Trinajstić information content (AvgIpc) is 2.71. The van der Waals surface area contributed by atoms with Crippen molar-refractivity contribution in [1.82, 2.24) is 9.78 Å². The fourth-order valence-electron chi connectivity index (χ4n) is 1.86. The molecule has 0 amide bonds. The molecule has 0 atom stereocenters. The van der Waals surface area contributed by atoms with Crippen molar-refractivity contribution in [2.24, 2.45) is 7.05 Å². The van der Waals surface area contributed by atoms with E-state index in [1.165, 1.54) is 12.1 Å². The van der Waals surface area contributed by atoms with Gasteiger partial charge < -0.3 is 4.74 Å². The molecule has 20 heavy (non-hydrogen) atoms. The minimum absolute atomic E-state index is 0.0819. The second-order valence-corrected chi connectivity index (χ2v) is 4.99. The van der Waals surface area contributed by atoms with Gasteiger partial charge in [-0.05, 0) is 34.5 Å². The summed E-state index contributed by atoms with van der Waals surface area (Å²) in [5.74, 6) is -0.345. The van der Waals surface area contributed by atoms with Gasteiger partial charge in [0, 0.05) is 7.05 Å². The molecular weight excluding hydrogens is 325 g/mol. The third kappa shape index (κ3) is 2.68. The lowest BCUT2D eigenvalue weighted by atomic mass is 10.2. The first-order chi connectivity index (χ1) is 9.58. The molecule has 1 aromatic heterocycles. The smallest absolute Gasteiger partial charge is 0.144 e. The van der Waals surface area contributed by atoms with Crippen LogP contribution < -0.4 is 4.74 Å². The van der Waals surface area contributed by atoms with Crippen molar-refractivity contribution in [3.8, 4) is 11.8 Å². The molecular formula is C14H13BrFN3O. The van der Waals surface area contributed by atoms with Gasteiger partial charge in [0.25, 0.3) is 0 Å². The quantitative estimate of drug-likeness (QED) is 0.859. The maximum atomic E-state index is 13.5. The topological polar surface area (TPSA) is 50.8 Å². The summed E-state index contributed by atoms with van der Waals surface area (Å²) in [4.78, 5) is 0. The molecule has 0 radical (unpaired) electrons. The van der Waals surface area contributed by atoms with Crippen molar-refractivity contribution >= 4 is 15.9 Å². The Bertz CT molecular complexity index is 676. The molecule has 0 spiro atoms. The summed E-state index contributed by atoms with van der Waals surface area (Å²) in [5, 5.41) is 13.3. The molecule has 4 nitrogen and oxygen atoms in total. The van der Waals surface area contributed by atoms with Crippen molar-refractivity contribution in [2.45, 2.75) is 20.0 Å². The van der Waals surface area contributed by atoms with E-state index in [4.69, 9.17) is 10.00 Å². The zero-order chi connectivity index (χ0) is 14.7. The Morgan fingerprint density at radius 2 is 2.25 bits per heavy atom. The van der Waals surface area contributed by atoms with Gasteiger partial charge in [-0.15, -0.1) is 0 Å². The average molecular weight is 338 g/mol. The van der Waals surface area contributed by atoms with Gasteiger partial charge >= 0.3 is 0 Å². The van der Waals surface area contributed by atoms with E-state index >= 15 is 0 Å². The summed E-state index contributed by atoms with van der Waals surface area (Å²) in [6, 6.07) is 6.14. The highest BCUT2D eigenvalue weighted by molar-refractivity contribution is 9.10. The molecule has 0 bridgehead atoms. The van der Waals surface area contributed by atoms with Crippen LogP contribution in [0.5, 0.6) is 5.75 Å². The number of nitrogens with zero attached hydrogens (tertiary/aromatic N) is 3. The highest BCUT2D eigenvalue weighted by Gasteiger charge is 2.15. The van der Waals surface area contributed by atoms with Gasteiger partial charge in [0.2, 0.25) is 0 Å². The lowest BCUT2D eigenvalue weighted by molar-refractivity contribution is 0.291. The summed E-state index contributed by atoms with van der Waals surface area (Å²) >= 11 is 3.48. The summed E-state index contributed by atoms with van der Waals surface area (Å²) < 4.78 is 21.6. The molecule has 0 fully saturated rings. The minimum atomic E-state index is -0.580. The van der Waals surface area contributed by atoms with E-state index in [2.05, 4.69) is 21.0 Å². The van der Waals surface area contributed by atoms with E-state index in [1.54, 1.807) is 10.7 Å². The van der Waals surface area contributed by atoms with Crippen molar-refractivity contribution < 1.29 is 9.13 Å². The van der Waals surface area contributed by atoms with Crippen LogP contribution in [0.1, 0.15) is 23.9 Å². The summed E-state index contributed by atoms with van der Waals surface area (Å²) in [7, 11) is 1.82. The van der Waals surface area contributed by atoms with Gasteiger partial charge in [-0.25, -0.2) is 4.39 Å². The second-order valence-electron chi connectivity index (χ2n) is 4.20. The molecule has 6 heteroatoms. The summed E-state index contributed by atoms with van der Waals surface area (Å²) in [5.41, 5.74) is 1.70. The molecule has 0 aliphatic carbocycles. The number of hydrogen-bond acceptors (Lipinski definition) is 3. The maximum absolute atomic E-state index is 13.5. The van der Waals surface area contributed by atoms with Gasteiger partial charge in [-0.1, -0.05) is 13.0 Å². The van der Waals surface area contributed by atoms with Gasteiger partial charge in [-0.2, -0.15) is 10.4 Å². The molecule has 1 aromatic carbocycles. The van der Waals surface area contributed by atoms with E-state index < -0.39 is 5.82 Å². The molecule has 2 aromatic rings. The van der Waals surface area contributed by atoms with Crippen molar-refractivity contribution in [2.75, 3.05) is 0 Å². The number of aromatic nitrogens is 2. The van der Waals surface area contributed by atoms with Gasteiger partial charge in [-0.3, -0.25) is 4.68 Å². The molecule has 0 saturated heterocycles. The first kappa shape index (κ1) is 14.5. The van der Waals surface area contributed by atoms with Crippen molar-refractivity contribution in [3.05, 3.63) is 45.4 Å². The van der Waals surface area contributed by atoms with Crippen LogP contribution in [0.2, 0.25) is 0 Å². The predicted octanol–water partition coefficient (Wildman–Crippen LogP) is 3.33. The van der Waals surface area contributed by atoms with Crippen LogP contribution >= 0.6 is 15.9 Å². The third-order valence-electron chi connectivity index (χ3n) is 2.95. The van der Waals surface area contributed by atoms with E-state index in [0.29, 0.717) is 0 Å². The van der Waals surface area contributed by atoms with Gasteiger partial charge in [0.1, 0.15) is 29.8 Å². The number of hydrogen-bond donors (Lipinski definition) is 0. The Hall–Kier alpha value is -1.87. The molecule has 2 rings (SSSR count). The summed E-state index contributed by atoms with van der Waals surface area (Å²) in [6.45, 7) is 2.22. The van der Waals surface area contributed by atoms with Crippen LogP contribution in [0.25, 0.3) is 0 Å². The number of ether oxygens (including phenoxy) is 1. The fourth-order valence-corrected chi connectivity index (χ4v) is 2.59. The minimum Gasteiger partial charge on any atom is -0.486 e. The Balaban J connectivity index is 2.24. The molecule has 1 heterocycles. The third-order valence-corrected chi connectivity index (χ3v) is 3.87. The first-order valence-corrected chi connectivity index (χ1v) is 6.89. The number of nitriles is 1. The monoisotopic (exact) mass is 337 g/mol. The van der Waals surface area contributed by atoms with Gasteiger partial charge in [0.15, 0.2) is 0 Å². The first-order valence-electron chi connectivity index (χ1n) is 6.10. The lowest BCUT2D eigenvalue weighted by Gasteiger charge is -2.08. The van der Waals surface area contributed by atoms with Crippen molar-refractivity contribution in [1.29, 1.82) is 5.26 Å². The standard InChI is InChI=1S/C14H13BrFN3O/c1-3-11-14(15)12(19(2)18-11)8-20-13-6-4-5-10(16)9(13)7-17/h4-6H,3,8H2,1-2H3. The number of rotatable bonds is 4. The molecule has 0 N–H and O–H groups in total. The highest BCUT2D eigenvalue weighted by Crippen LogP contribution is 2.25. The molecule has 0 saturated carbocycles. The number of benzene rings is 1.